The van der Waals surface area contributed by atoms with Crippen LogP contribution in [0.15, 0.2) is 36.5 Å². The number of nitriles is 1. The number of carbonyl (C=O) groups excluding carboxylic acids is 2. The van der Waals surface area contributed by atoms with Crippen LogP contribution in [0.1, 0.15) is 30.1 Å². The number of nitrogens with zero attached hydrogens (tertiary/aromatic N) is 2. The Morgan fingerprint density at radius 2 is 2.12 bits per heavy atom. The Morgan fingerprint density at radius 1 is 1.29 bits per heavy atom. The molecule has 0 fully saturated rings. The fourth-order valence-corrected chi connectivity index (χ4v) is 2.38. The highest BCUT2D eigenvalue weighted by Crippen LogP contribution is 2.13. The molecule has 124 valence electrons. The third kappa shape index (κ3) is 5.06. The summed E-state index contributed by atoms with van der Waals surface area (Å²) in [6.07, 6.45) is 2.76. The summed E-state index contributed by atoms with van der Waals surface area (Å²) in [7, 11) is 0. The summed E-state index contributed by atoms with van der Waals surface area (Å²) in [5, 5.41) is 14.7. The van der Waals surface area contributed by atoms with Crippen LogP contribution in [0.25, 0.3) is 10.9 Å². The van der Waals surface area contributed by atoms with E-state index in [1.165, 1.54) is 0 Å². The molecule has 1 heterocycles. The smallest absolute Gasteiger partial charge is 0.251 e. The molecule has 0 bridgehead atoms. The van der Waals surface area contributed by atoms with Crippen molar-refractivity contribution in [3.05, 3.63) is 42.1 Å². The minimum Gasteiger partial charge on any atom is -0.352 e. The number of hydrogen-bond acceptors (Lipinski definition) is 4. The van der Waals surface area contributed by atoms with Gasteiger partial charge in [-0.15, -0.1) is 0 Å². The maximum atomic E-state index is 12.2. The maximum absolute atomic E-state index is 12.2. The van der Waals surface area contributed by atoms with Gasteiger partial charge in [-0.05, 0) is 36.6 Å². The molecule has 1 aromatic heterocycles. The molecule has 0 aliphatic carbocycles. The standard InChI is InChI=1S/C18H20N4O2/c1-13(11-17(23)21-10-7-19)6-9-22-18(24)15-4-5-16-14(12-15)3-2-8-20-16/h2-5,8,12-13H,6,9-11H2,1H3,(H,21,23)(H,22,24). The Morgan fingerprint density at radius 3 is 2.92 bits per heavy atom. The van der Waals surface area contributed by atoms with Gasteiger partial charge >= 0.3 is 0 Å². The number of rotatable bonds is 7. The molecule has 2 aromatic rings. The largest absolute Gasteiger partial charge is 0.352 e. The highest BCUT2D eigenvalue weighted by Gasteiger charge is 2.10. The van der Waals surface area contributed by atoms with Crippen LogP contribution in [0.3, 0.4) is 0 Å². The second-order valence-electron chi connectivity index (χ2n) is 5.70. The third-order valence-corrected chi connectivity index (χ3v) is 3.69. The topological polar surface area (TPSA) is 94.9 Å². The van der Waals surface area contributed by atoms with E-state index < -0.39 is 0 Å². The van der Waals surface area contributed by atoms with E-state index in [9.17, 15) is 9.59 Å². The summed E-state index contributed by atoms with van der Waals surface area (Å²) in [5.74, 6) is -0.149. The Labute approximate surface area is 140 Å². The zero-order valence-electron chi connectivity index (χ0n) is 13.6. The Hall–Kier alpha value is -2.94. The van der Waals surface area contributed by atoms with E-state index in [1.807, 2.05) is 37.3 Å². The number of benzene rings is 1. The van der Waals surface area contributed by atoms with E-state index in [-0.39, 0.29) is 24.3 Å². The van der Waals surface area contributed by atoms with Crippen LogP contribution in [-0.4, -0.2) is 29.9 Å². The molecular formula is C18H20N4O2. The van der Waals surface area contributed by atoms with Crippen LogP contribution in [0.5, 0.6) is 0 Å². The van der Waals surface area contributed by atoms with Crippen molar-refractivity contribution < 1.29 is 9.59 Å². The quantitative estimate of drug-likeness (QED) is 0.762. The summed E-state index contributed by atoms with van der Waals surface area (Å²) in [4.78, 5) is 27.9. The molecule has 0 saturated carbocycles. The lowest BCUT2D eigenvalue weighted by atomic mass is 10.0. The highest BCUT2D eigenvalue weighted by atomic mass is 16.2. The Bertz CT molecular complexity index is 767. The number of hydrogen-bond donors (Lipinski definition) is 2. The zero-order chi connectivity index (χ0) is 17.4. The van der Waals surface area contributed by atoms with Crippen molar-refractivity contribution in [3.8, 4) is 6.07 Å². The minimum absolute atomic E-state index is 0.0269. The predicted molar refractivity (Wildman–Crippen MR) is 91.1 cm³/mol. The monoisotopic (exact) mass is 324 g/mol. The van der Waals surface area contributed by atoms with Crippen molar-refractivity contribution in [2.24, 2.45) is 5.92 Å². The lowest BCUT2D eigenvalue weighted by Gasteiger charge is -2.11. The number of amides is 2. The molecule has 1 atom stereocenters. The lowest BCUT2D eigenvalue weighted by molar-refractivity contribution is -0.121. The van der Waals surface area contributed by atoms with E-state index >= 15 is 0 Å². The van der Waals surface area contributed by atoms with Crippen LogP contribution in [0, 0.1) is 17.2 Å². The number of carbonyl (C=O) groups is 2. The van der Waals surface area contributed by atoms with Gasteiger partial charge in [-0.1, -0.05) is 13.0 Å². The fraction of sp³-hybridized carbons (Fsp3) is 0.333. The first kappa shape index (κ1) is 17.4. The van der Waals surface area contributed by atoms with Crippen LogP contribution in [0.4, 0.5) is 0 Å². The first-order chi connectivity index (χ1) is 11.6. The SMILES string of the molecule is CC(CCNC(=O)c1ccc2ncccc2c1)CC(=O)NCC#N. The molecule has 6 nitrogen and oxygen atoms in total. The third-order valence-electron chi connectivity index (χ3n) is 3.69. The van der Waals surface area contributed by atoms with Crippen molar-refractivity contribution in [1.29, 1.82) is 5.26 Å². The normalized spacial score (nSPS) is 11.5. The first-order valence-electron chi connectivity index (χ1n) is 7.87. The van der Waals surface area contributed by atoms with Crippen molar-refractivity contribution in [1.82, 2.24) is 15.6 Å². The van der Waals surface area contributed by atoms with Gasteiger partial charge in [0.05, 0.1) is 11.6 Å². The van der Waals surface area contributed by atoms with Gasteiger partial charge in [-0.25, -0.2) is 0 Å². The van der Waals surface area contributed by atoms with E-state index in [1.54, 1.807) is 12.3 Å². The van der Waals surface area contributed by atoms with Gasteiger partial charge in [0.1, 0.15) is 6.54 Å². The number of aromatic nitrogens is 1. The average Bonchev–Trinajstić information content (AvgIpc) is 2.59. The van der Waals surface area contributed by atoms with Crippen LogP contribution in [-0.2, 0) is 4.79 Å². The van der Waals surface area contributed by atoms with Crippen molar-refractivity contribution in [3.63, 3.8) is 0 Å². The van der Waals surface area contributed by atoms with Crippen LogP contribution < -0.4 is 10.6 Å². The summed E-state index contributed by atoms with van der Waals surface area (Å²) >= 11 is 0. The molecule has 1 aromatic carbocycles. The van der Waals surface area contributed by atoms with E-state index in [0.717, 1.165) is 10.9 Å². The molecular weight excluding hydrogens is 304 g/mol. The van der Waals surface area contributed by atoms with E-state index in [4.69, 9.17) is 5.26 Å². The number of pyridine rings is 1. The van der Waals surface area contributed by atoms with Gasteiger partial charge in [0.25, 0.3) is 5.91 Å². The summed E-state index contributed by atoms with van der Waals surface area (Å²) in [5.41, 5.74) is 1.45. The van der Waals surface area contributed by atoms with Gasteiger partial charge in [0, 0.05) is 30.1 Å². The summed E-state index contributed by atoms with van der Waals surface area (Å²) in [6.45, 7) is 2.47. The van der Waals surface area contributed by atoms with Gasteiger partial charge in [0.2, 0.25) is 5.91 Å². The lowest BCUT2D eigenvalue weighted by Crippen LogP contribution is -2.28. The van der Waals surface area contributed by atoms with E-state index in [0.29, 0.717) is 24.9 Å². The molecule has 24 heavy (non-hydrogen) atoms. The Kier molecular flexibility index (Phi) is 6.26. The molecule has 0 radical (unpaired) electrons. The summed E-state index contributed by atoms with van der Waals surface area (Å²) in [6, 6.07) is 11.0. The van der Waals surface area contributed by atoms with E-state index in [2.05, 4.69) is 15.6 Å². The molecule has 1 unspecified atom stereocenters. The molecule has 2 amide bonds. The number of fused-ring (bicyclic) bond motifs is 1. The highest BCUT2D eigenvalue weighted by molar-refractivity contribution is 5.97. The fourth-order valence-electron chi connectivity index (χ4n) is 2.38. The molecule has 2 rings (SSSR count). The van der Waals surface area contributed by atoms with Gasteiger partial charge in [-0.3, -0.25) is 14.6 Å². The van der Waals surface area contributed by atoms with Crippen LogP contribution >= 0.6 is 0 Å². The van der Waals surface area contributed by atoms with Crippen molar-refractivity contribution in [2.45, 2.75) is 19.8 Å². The first-order valence-corrected chi connectivity index (χ1v) is 7.87. The summed E-state index contributed by atoms with van der Waals surface area (Å²) < 4.78 is 0. The zero-order valence-corrected chi connectivity index (χ0v) is 13.6. The van der Waals surface area contributed by atoms with Gasteiger partial charge in [-0.2, -0.15) is 5.26 Å². The molecule has 0 saturated heterocycles. The Balaban J connectivity index is 1.80. The second kappa shape index (κ2) is 8.63. The molecule has 0 spiro atoms. The van der Waals surface area contributed by atoms with Gasteiger partial charge < -0.3 is 10.6 Å². The molecule has 2 N–H and O–H groups in total. The maximum Gasteiger partial charge on any atom is 0.251 e. The van der Waals surface area contributed by atoms with Gasteiger partial charge in [0.15, 0.2) is 0 Å². The van der Waals surface area contributed by atoms with Crippen molar-refractivity contribution in [2.75, 3.05) is 13.1 Å². The predicted octanol–water partition coefficient (Wildman–Crippen LogP) is 2.02. The van der Waals surface area contributed by atoms with Crippen molar-refractivity contribution >= 4 is 22.7 Å². The molecule has 6 heteroatoms. The second-order valence-corrected chi connectivity index (χ2v) is 5.70. The minimum atomic E-state index is -0.141. The van der Waals surface area contributed by atoms with Crippen LogP contribution in [0.2, 0.25) is 0 Å². The molecule has 0 aliphatic rings. The number of nitrogens with one attached hydrogen (secondary N) is 2. The molecule has 0 aliphatic heterocycles. The average molecular weight is 324 g/mol.